The highest BCUT2D eigenvalue weighted by Gasteiger charge is 2.28. The second-order valence-corrected chi connectivity index (χ2v) is 11.0. The van der Waals surface area contributed by atoms with Crippen molar-refractivity contribution in [2.24, 2.45) is 0 Å². The molecule has 0 radical (unpaired) electrons. The monoisotopic (exact) mass is 521 g/mol. The maximum absolute atomic E-state index is 13.0. The molecule has 1 fully saturated rings. The summed E-state index contributed by atoms with van der Waals surface area (Å²) in [5.41, 5.74) is 3.92. The van der Waals surface area contributed by atoms with Crippen LogP contribution in [0.15, 0.2) is 42.6 Å². The Hall–Kier alpha value is -3.36. The predicted molar refractivity (Wildman–Crippen MR) is 148 cm³/mol. The molecule has 1 saturated heterocycles. The molecule has 0 N–H and O–H groups in total. The van der Waals surface area contributed by atoms with Crippen LogP contribution in [-0.2, 0) is 16.0 Å². The smallest absolute Gasteiger partial charge is 0.419 e. The number of fused-ring (bicyclic) bond motifs is 1. The van der Waals surface area contributed by atoms with Crippen molar-refractivity contribution in [1.29, 1.82) is 0 Å². The first-order valence-corrected chi connectivity index (χ1v) is 13.0. The number of rotatable bonds is 5. The van der Waals surface area contributed by atoms with E-state index in [2.05, 4.69) is 16.8 Å². The van der Waals surface area contributed by atoms with Crippen molar-refractivity contribution in [3.05, 3.63) is 64.8 Å². The SMILES string of the molecule is COC(=O)c1ccc(C2CCN(C)CCN2Cc2c(OC)cc(C)c3c2ccn3C(=O)OC(C)(C)C)cc1. The van der Waals surface area contributed by atoms with Gasteiger partial charge in [0.2, 0.25) is 0 Å². The third kappa shape index (κ3) is 5.87. The Morgan fingerprint density at radius 1 is 1.03 bits per heavy atom. The first kappa shape index (κ1) is 27.7. The van der Waals surface area contributed by atoms with Gasteiger partial charge in [0, 0.05) is 42.8 Å². The third-order valence-electron chi connectivity index (χ3n) is 7.11. The number of benzene rings is 2. The van der Waals surface area contributed by atoms with Gasteiger partial charge < -0.3 is 19.1 Å². The summed E-state index contributed by atoms with van der Waals surface area (Å²) in [6.07, 6.45) is 2.34. The van der Waals surface area contributed by atoms with E-state index < -0.39 is 11.7 Å². The molecular weight excluding hydrogens is 482 g/mol. The molecule has 8 nitrogen and oxygen atoms in total. The fourth-order valence-corrected chi connectivity index (χ4v) is 5.19. The molecule has 1 aromatic heterocycles. The molecule has 0 amide bonds. The Balaban J connectivity index is 1.74. The van der Waals surface area contributed by atoms with Crippen molar-refractivity contribution in [1.82, 2.24) is 14.4 Å². The topological polar surface area (TPSA) is 73.2 Å². The standard InChI is InChI=1S/C30H39N3O5/c1-20-18-26(36-6)24(23-12-15-33(27(20)23)29(35)38-30(2,3)4)19-32-17-16-31(5)14-13-25(32)21-8-10-22(11-9-21)28(34)37-7/h8-12,15,18,25H,13-14,16-17,19H2,1-7H3. The van der Waals surface area contributed by atoms with Gasteiger partial charge >= 0.3 is 12.1 Å². The molecule has 1 aliphatic rings. The number of aromatic nitrogens is 1. The third-order valence-corrected chi connectivity index (χ3v) is 7.11. The summed E-state index contributed by atoms with van der Waals surface area (Å²) >= 11 is 0. The Bertz CT molecular complexity index is 1310. The highest BCUT2D eigenvalue weighted by molar-refractivity contribution is 5.95. The highest BCUT2D eigenvalue weighted by Crippen LogP contribution is 2.36. The average molecular weight is 522 g/mol. The molecule has 204 valence electrons. The van der Waals surface area contributed by atoms with Gasteiger partial charge in [-0.05, 0) is 83.1 Å². The molecule has 1 unspecified atom stereocenters. The van der Waals surface area contributed by atoms with Gasteiger partial charge in [-0.3, -0.25) is 9.47 Å². The van der Waals surface area contributed by atoms with E-state index in [9.17, 15) is 9.59 Å². The number of carbonyl (C=O) groups excluding carboxylic acids is 2. The number of esters is 1. The number of hydrogen-bond acceptors (Lipinski definition) is 7. The molecule has 0 spiro atoms. The van der Waals surface area contributed by atoms with Crippen LogP contribution in [0.1, 0.15) is 60.3 Å². The maximum atomic E-state index is 13.0. The molecule has 0 bridgehead atoms. The van der Waals surface area contributed by atoms with Crippen LogP contribution >= 0.6 is 0 Å². The van der Waals surface area contributed by atoms with Crippen molar-refractivity contribution in [2.75, 3.05) is 40.9 Å². The lowest BCUT2D eigenvalue weighted by Gasteiger charge is -2.31. The summed E-state index contributed by atoms with van der Waals surface area (Å²) in [6.45, 7) is 11.0. The van der Waals surface area contributed by atoms with E-state index in [-0.39, 0.29) is 12.0 Å². The second-order valence-electron chi connectivity index (χ2n) is 11.0. The van der Waals surface area contributed by atoms with Crippen molar-refractivity contribution >= 4 is 23.0 Å². The molecule has 0 aliphatic carbocycles. The minimum atomic E-state index is -0.592. The zero-order valence-corrected chi connectivity index (χ0v) is 23.5. The normalized spacial score (nSPS) is 17.3. The molecule has 0 saturated carbocycles. The summed E-state index contributed by atoms with van der Waals surface area (Å²) in [6, 6.07) is 11.9. The van der Waals surface area contributed by atoms with Crippen LogP contribution in [0, 0.1) is 6.92 Å². The highest BCUT2D eigenvalue weighted by atomic mass is 16.6. The van der Waals surface area contributed by atoms with Crippen molar-refractivity contribution < 1.29 is 23.8 Å². The average Bonchev–Trinajstić information content (AvgIpc) is 3.25. The van der Waals surface area contributed by atoms with Crippen molar-refractivity contribution in [2.45, 2.75) is 52.3 Å². The van der Waals surface area contributed by atoms with E-state index in [1.54, 1.807) is 17.9 Å². The Morgan fingerprint density at radius 3 is 2.37 bits per heavy atom. The molecule has 3 aromatic rings. The number of likely N-dealkylation sites (N-methyl/N-ethyl adjacent to an activating group) is 1. The number of hydrogen-bond donors (Lipinski definition) is 0. The lowest BCUT2D eigenvalue weighted by atomic mass is 9.98. The number of nitrogens with zero attached hydrogens (tertiary/aromatic N) is 3. The summed E-state index contributed by atoms with van der Waals surface area (Å²) in [5, 5.41) is 0.977. The van der Waals surface area contributed by atoms with E-state index in [0.717, 1.165) is 59.4 Å². The van der Waals surface area contributed by atoms with Crippen LogP contribution in [0.5, 0.6) is 5.75 Å². The number of carbonyl (C=O) groups is 2. The largest absolute Gasteiger partial charge is 0.496 e. The quantitative estimate of drug-likeness (QED) is 0.416. The van der Waals surface area contributed by atoms with Gasteiger partial charge in [-0.25, -0.2) is 9.59 Å². The molecule has 1 atom stereocenters. The maximum Gasteiger partial charge on any atom is 0.419 e. The molecule has 4 rings (SSSR count). The Morgan fingerprint density at radius 2 is 1.74 bits per heavy atom. The molecule has 1 aliphatic heterocycles. The lowest BCUT2D eigenvalue weighted by Crippen LogP contribution is -2.31. The number of methoxy groups -OCH3 is 2. The summed E-state index contributed by atoms with van der Waals surface area (Å²) in [4.78, 5) is 29.8. The van der Waals surface area contributed by atoms with Gasteiger partial charge in [0.15, 0.2) is 0 Å². The van der Waals surface area contributed by atoms with Gasteiger partial charge in [0.25, 0.3) is 0 Å². The van der Waals surface area contributed by atoms with Crippen LogP contribution < -0.4 is 4.74 Å². The van der Waals surface area contributed by atoms with Crippen LogP contribution in [0.3, 0.4) is 0 Å². The zero-order valence-electron chi connectivity index (χ0n) is 23.5. The Kier molecular flexibility index (Phi) is 8.13. The molecular formula is C30H39N3O5. The summed E-state index contributed by atoms with van der Waals surface area (Å²) in [7, 11) is 5.23. The van der Waals surface area contributed by atoms with Crippen LogP contribution in [0.2, 0.25) is 0 Å². The molecule has 2 aromatic carbocycles. The van der Waals surface area contributed by atoms with Crippen LogP contribution in [0.4, 0.5) is 4.79 Å². The molecule has 38 heavy (non-hydrogen) atoms. The molecule has 8 heteroatoms. The van der Waals surface area contributed by atoms with Crippen molar-refractivity contribution in [3.63, 3.8) is 0 Å². The lowest BCUT2D eigenvalue weighted by molar-refractivity contribution is 0.0542. The second kappa shape index (κ2) is 11.2. The first-order valence-electron chi connectivity index (χ1n) is 13.0. The fraction of sp³-hybridized carbons (Fsp3) is 0.467. The number of ether oxygens (including phenoxy) is 3. The van der Waals surface area contributed by atoms with Gasteiger partial charge in [-0.1, -0.05) is 12.1 Å². The Labute approximate surface area is 225 Å². The van der Waals surface area contributed by atoms with E-state index in [1.807, 2.05) is 64.1 Å². The number of aryl methyl sites for hydroxylation is 1. The summed E-state index contributed by atoms with van der Waals surface area (Å²) in [5.74, 6) is 0.463. The minimum Gasteiger partial charge on any atom is -0.496 e. The fourth-order valence-electron chi connectivity index (χ4n) is 5.19. The first-order chi connectivity index (χ1) is 18.0. The van der Waals surface area contributed by atoms with E-state index in [0.29, 0.717) is 12.1 Å². The minimum absolute atomic E-state index is 0.153. The summed E-state index contributed by atoms with van der Waals surface area (Å²) < 4.78 is 18.0. The van der Waals surface area contributed by atoms with E-state index in [4.69, 9.17) is 14.2 Å². The van der Waals surface area contributed by atoms with E-state index in [1.165, 1.54) is 7.11 Å². The predicted octanol–water partition coefficient (Wildman–Crippen LogP) is 5.41. The van der Waals surface area contributed by atoms with Gasteiger partial charge in [-0.15, -0.1) is 0 Å². The van der Waals surface area contributed by atoms with Crippen molar-refractivity contribution in [3.8, 4) is 5.75 Å². The van der Waals surface area contributed by atoms with Gasteiger partial charge in [0.1, 0.15) is 11.4 Å². The van der Waals surface area contributed by atoms with Gasteiger partial charge in [0.05, 0.1) is 25.3 Å². The van der Waals surface area contributed by atoms with Gasteiger partial charge in [-0.2, -0.15) is 0 Å². The molecule has 2 heterocycles. The zero-order chi connectivity index (χ0) is 27.6. The van der Waals surface area contributed by atoms with Crippen LogP contribution in [-0.4, -0.2) is 72.9 Å². The van der Waals surface area contributed by atoms with Crippen LogP contribution in [0.25, 0.3) is 10.9 Å². The van der Waals surface area contributed by atoms with E-state index >= 15 is 0 Å².